The molecule has 0 aliphatic carbocycles. The van der Waals surface area contributed by atoms with Gasteiger partial charge in [0.1, 0.15) is 0 Å². The molecule has 0 atom stereocenters. The quantitative estimate of drug-likeness (QED) is 0.387. The predicted octanol–water partition coefficient (Wildman–Crippen LogP) is 4.17. The van der Waals surface area contributed by atoms with Gasteiger partial charge < -0.3 is 14.6 Å². The van der Waals surface area contributed by atoms with E-state index in [1.807, 2.05) is 11.5 Å². The number of amides is 1. The minimum Gasteiger partial charge on any atom is -0.469 e. The number of rotatable bonds is 8. The molecular formula is C22H27N5O3S2. The normalized spacial score (nSPS) is 11.4. The third kappa shape index (κ3) is 5.95. The van der Waals surface area contributed by atoms with E-state index in [2.05, 4.69) is 70.3 Å². The summed E-state index contributed by atoms with van der Waals surface area (Å²) in [6.45, 7) is 9.27. The van der Waals surface area contributed by atoms with Crippen molar-refractivity contribution < 1.29 is 14.3 Å². The Bertz CT molecular complexity index is 1080. The highest BCUT2D eigenvalue weighted by atomic mass is 32.2. The van der Waals surface area contributed by atoms with Crippen molar-refractivity contribution in [1.29, 1.82) is 0 Å². The number of methoxy groups -OCH3 is 1. The molecule has 0 aliphatic heterocycles. The number of nitrogens with one attached hydrogen (secondary N) is 1. The molecule has 0 spiro atoms. The first kappa shape index (κ1) is 23.9. The van der Waals surface area contributed by atoms with Crippen LogP contribution in [0, 0.1) is 0 Å². The van der Waals surface area contributed by atoms with Crippen LogP contribution in [0.25, 0.3) is 11.4 Å². The molecule has 0 bridgehead atoms. The smallest absolute Gasteiger partial charge is 0.311 e. The molecule has 32 heavy (non-hydrogen) atoms. The summed E-state index contributed by atoms with van der Waals surface area (Å²) >= 11 is 2.59. The molecule has 10 heteroatoms. The Labute approximate surface area is 195 Å². The number of hydrogen-bond acceptors (Lipinski definition) is 8. The zero-order valence-electron chi connectivity index (χ0n) is 18.8. The Morgan fingerprint density at radius 2 is 1.91 bits per heavy atom. The number of thiazole rings is 1. The number of carbonyl (C=O) groups is 2. The number of carbonyl (C=O) groups excluding carboxylic acids is 2. The minimum absolute atomic E-state index is 0.0801. The third-order valence-corrected chi connectivity index (χ3v) is 6.50. The standard InChI is InChI=1S/C22H27N5O3S2/c1-6-27-19(14-7-9-15(10-8-14)22(2,3)4)25-26-21(27)32-13-17(28)24-20-23-16(12-31-20)11-18(29)30-5/h7-10,12H,6,11,13H2,1-5H3,(H,23,24,28). The maximum Gasteiger partial charge on any atom is 0.311 e. The molecule has 0 unspecified atom stereocenters. The van der Waals surface area contributed by atoms with Crippen molar-refractivity contribution in [3.8, 4) is 11.4 Å². The molecule has 1 N–H and O–H groups in total. The van der Waals surface area contributed by atoms with Crippen LogP contribution < -0.4 is 5.32 Å². The van der Waals surface area contributed by atoms with Crippen molar-refractivity contribution in [2.45, 2.75) is 51.2 Å². The van der Waals surface area contributed by atoms with Gasteiger partial charge in [-0.25, -0.2) is 4.98 Å². The molecule has 0 fully saturated rings. The lowest BCUT2D eigenvalue weighted by Gasteiger charge is -2.19. The van der Waals surface area contributed by atoms with E-state index in [0.717, 1.165) is 11.4 Å². The Morgan fingerprint density at radius 3 is 2.53 bits per heavy atom. The summed E-state index contributed by atoms with van der Waals surface area (Å²) in [6, 6.07) is 8.36. The van der Waals surface area contributed by atoms with E-state index in [9.17, 15) is 9.59 Å². The molecule has 2 heterocycles. The lowest BCUT2D eigenvalue weighted by Crippen LogP contribution is -2.14. The number of aromatic nitrogens is 4. The highest BCUT2D eigenvalue weighted by molar-refractivity contribution is 7.99. The Balaban J connectivity index is 1.63. The van der Waals surface area contributed by atoms with Crippen LogP contribution in [0.15, 0.2) is 34.8 Å². The average molecular weight is 474 g/mol. The second-order valence-electron chi connectivity index (χ2n) is 8.11. The van der Waals surface area contributed by atoms with Crippen LogP contribution in [0.4, 0.5) is 5.13 Å². The van der Waals surface area contributed by atoms with Crippen molar-refractivity contribution in [3.05, 3.63) is 40.9 Å². The van der Waals surface area contributed by atoms with Crippen molar-refractivity contribution in [2.24, 2.45) is 0 Å². The number of thioether (sulfide) groups is 1. The maximum absolute atomic E-state index is 12.4. The number of hydrogen-bond donors (Lipinski definition) is 1. The van der Waals surface area contributed by atoms with Gasteiger partial charge >= 0.3 is 5.97 Å². The Morgan fingerprint density at radius 1 is 1.19 bits per heavy atom. The van der Waals surface area contributed by atoms with Crippen LogP contribution in [0.3, 0.4) is 0 Å². The number of esters is 1. The van der Waals surface area contributed by atoms with Crippen LogP contribution in [-0.2, 0) is 32.7 Å². The second-order valence-corrected chi connectivity index (χ2v) is 9.91. The molecule has 0 aliphatic rings. The van der Waals surface area contributed by atoms with Crippen LogP contribution in [0.5, 0.6) is 0 Å². The van der Waals surface area contributed by atoms with Gasteiger partial charge in [-0.15, -0.1) is 21.5 Å². The number of anilines is 1. The summed E-state index contributed by atoms with van der Waals surface area (Å²) in [7, 11) is 1.33. The van der Waals surface area contributed by atoms with Gasteiger partial charge in [0.2, 0.25) is 5.91 Å². The van der Waals surface area contributed by atoms with Crippen LogP contribution in [-0.4, -0.2) is 44.5 Å². The molecule has 0 radical (unpaired) electrons. The van der Waals surface area contributed by atoms with Crippen molar-refractivity contribution in [1.82, 2.24) is 19.7 Å². The zero-order valence-corrected chi connectivity index (χ0v) is 20.5. The molecule has 3 aromatic rings. The van der Waals surface area contributed by atoms with Gasteiger partial charge in [-0.3, -0.25) is 9.59 Å². The van der Waals surface area contributed by atoms with E-state index in [0.29, 0.717) is 22.5 Å². The predicted molar refractivity (Wildman–Crippen MR) is 127 cm³/mol. The Hall–Kier alpha value is -2.72. The summed E-state index contributed by atoms with van der Waals surface area (Å²) in [5.41, 5.74) is 2.90. The molecule has 170 valence electrons. The van der Waals surface area contributed by atoms with Gasteiger partial charge in [-0.2, -0.15) is 0 Å². The van der Waals surface area contributed by atoms with Crippen molar-refractivity contribution >= 4 is 40.1 Å². The fraction of sp³-hybridized carbons (Fsp3) is 0.409. The van der Waals surface area contributed by atoms with E-state index in [4.69, 9.17) is 0 Å². The van der Waals surface area contributed by atoms with Gasteiger partial charge in [-0.05, 0) is 17.9 Å². The van der Waals surface area contributed by atoms with Crippen LogP contribution >= 0.6 is 23.1 Å². The molecule has 3 rings (SSSR count). The van der Waals surface area contributed by atoms with E-state index in [1.54, 1.807) is 5.38 Å². The van der Waals surface area contributed by atoms with E-state index < -0.39 is 0 Å². The van der Waals surface area contributed by atoms with E-state index in [1.165, 1.54) is 35.8 Å². The number of ether oxygens (including phenoxy) is 1. The monoisotopic (exact) mass is 473 g/mol. The average Bonchev–Trinajstić information content (AvgIpc) is 3.37. The molecule has 0 saturated heterocycles. The van der Waals surface area contributed by atoms with Gasteiger partial charge in [0.05, 0.1) is 25.0 Å². The highest BCUT2D eigenvalue weighted by Crippen LogP contribution is 2.28. The summed E-state index contributed by atoms with van der Waals surface area (Å²) in [5, 5.41) is 14.3. The van der Waals surface area contributed by atoms with Gasteiger partial charge in [-0.1, -0.05) is 56.8 Å². The fourth-order valence-electron chi connectivity index (χ4n) is 2.96. The van der Waals surface area contributed by atoms with Crippen LogP contribution in [0.2, 0.25) is 0 Å². The Kier molecular flexibility index (Phi) is 7.68. The molecular weight excluding hydrogens is 446 g/mol. The zero-order chi connectivity index (χ0) is 23.3. The number of benzene rings is 1. The maximum atomic E-state index is 12.4. The van der Waals surface area contributed by atoms with Crippen LogP contribution in [0.1, 0.15) is 39.0 Å². The highest BCUT2D eigenvalue weighted by Gasteiger charge is 2.17. The molecule has 1 amide bonds. The first-order valence-corrected chi connectivity index (χ1v) is 12.1. The molecule has 0 saturated carbocycles. The molecule has 2 aromatic heterocycles. The van der Waals surface area contributed by atoms with Gasteiger partial charge in [0.25, 0.3) is 0 Å². The summed E-state index contributed by atoms with van der Waals surface area (Å²) < 4.78 is 6.63. The first-order chi connectivity index (χ1) is 15.2. The van der Waals surface area contributed by atoms with E-state index in [-0.39, 0.29) is 29.5 Å². The number of nitrogens with zero attached hydrogens (tertiary/aromatic N) is 4. The summed E-state index contributed by atoms with van der Waals surface area (Å²) in [4.78, 5) is 27.9. The largest absolute Gasteiger partial charge is 0.469 e. The van der Waals surface area contributed by atoms with Crippen molar-refractivity contribution in [2.75, 3.05) is 18.2 Å². The van der Waals surface area contributed by atoms with E-state index >= 15 is 0 Å². The fourth-order valence-corrected chi connectivity index (χ4v) is 4.49. The minimum atomic E-state index is -0.369. The molecule has 1 aromatic carbocycles. The SMILES string of the molecule is CCn1c(SCC(=O)Nc2nc(CC(=O)OC)cs2)nnc1-c1ccc(C(C)(C)C)cc1. The molecule has 8 nitrogen and oxygen atoms in total. The van der Waals surface area contributed by atoms with Crippen molar-refractivity contribution in [3.63, 3.8) is 0 Å². The third-order valence-electron chi connectivity index (χ3n) is 4.73. The summed E-state index contributed by atoms with van der Waals surface area (Å²) in [6.07, 6.45) is 0.0801. The second kappa shape index (κ2) is 10.3. The van der Waals surface area contributed by atoms with Gasteiger partial charge in [0, 0.05) is 17.5 Å². The lowest BCUT2D eigenvalue weighted by molar-refractivity contribution is -0.139. The lowest BCUT2D eigenvalue weighted by atomic mass is 9.87. The first-order valence-electron chi connectivity index (χ1n) is 10.2. The summed E-state index contributed by atoms with van der Waals surface area (Å²) in [5.74, 6) is 0.387. The topological polar surface area (TPSA) is 99.0 Å². The van der Waals surface area contributed by atoms with Gasteiger partial charge in [0.15, 0.2) is 16.1 Å².